The van der Waals surface area contributed by atoms with E-state index in [0.29, 0.717) is 46.7 Å². The fraction of sp³-hybridized carbons (Fsp3) is 0.282. The first-order chi connectivity index (χ1) is 23.9. The summed E-state index contributed by atoms with van der Waals surface area (Å²) in [7, 11) is 0. The third kappa shape index (κ3) is 8.52. The lowest BCUT2D eigenvalue weighted by atomic mass is 9.86. The molecule has 4 aromatic rings. The van der Waals surface area contributed by atoms with Crippen LogP contribution in [0.25, 0.3) is 17.2 Å². The molecule has 1 aliphatic rings. The molecule has 0 bridgehead atoms. The Morgan fingerprint density at radius 2 is 1.74 bits per heavy atom. The minimum absolute atomic E-state index is 0.0670. The number of oxazole rings is 1. The molecule has 0 saturated carbocycles. The summed E-state index contributed by atoms with van der Waals surface area (Å²) >= 11 is 0. The molecule has 0 fully saturated rings. The van der Waals surface area contributed by atoms with Crippen LogP contribution in [0.4, 0.5) is 0 Å². The molecular formula is C39H38N2O9. The van der Waals surface area contributed by atoms with Crippen molar-refractivity contribution in [2.45, 2.75) is 51.7 Å². The van der Waals surface area contributed by atoms with Gasteiger partial charge >= 0.3 is 11.9 Å². The third-order valence-corrected chi connectivity index (χ3v) is 7.98. The van der Waals surface area contributed by atoms with Gasteiger partial charge in [-0.1, -0.05) is 54.3 Å². The number of carboxylic acids is 1. The molecule has 1 amide bonds. The number of aromatic nitrogens is 1. The van der Waals surface area contributed by atoms with Crippen LogP contribution in [-0.4, -0.2) is 62.9 Å². The Morgan fingerprint density at radius 3 is 2.44 bits per heavy atom. The molecular weight excluding hydrogens is 640 g/mol. The van der Waals surface area contributed by atoms with E-state index >= 15 is 0 Å². The zero-order chi connectivity index (χ0) is 35.8. The van der Waals surface area contributed by atoms with Crippen molar-refractivity contribution in [2.24, 2.45) is 5.92 Å². The van der Waals surface area contributed by atoms with E-state index in [4.69, 9.17) is 18.6 Å². The second kappa shape index (κ2) is 15.5. The number of amides is 1. The van der Waals surface area contributed by atoms with Crippen LogP contribution < -0.4 is 9.47 Å². The summed E-state index contributed by atoms with van der Waals surface area (Å²) in [5.74, 6) is 1.28. The lowest BCUT2D eigenvalue weighted by molar-refractivity contribution is -0.158. The van der Waals surface area contributed by atoms with Gasteiger partial charge in [0.05, 0.1) is 18.4 Å². The van der Waals surface area contributed by atoms with Crippen molar-refractivity contribution in [1.29, 1.82) is 0 Å². The van der Waals surface area contributed by atoms with Gasteiger partial charge in [-0.05, 0) is 82.2 Å². The first-order valence-electron chi connectivity index (χ1n) is 16.0. The summed E-state index contributed by atoms with van der Waals surface area (Å²) in [6.45, 7) is 6.43. The maximum atomic E-state index is 14.4. The molecule has 0 spiro atoms. The Morgan fingerprint density at radius 1 is 1.02 bits per heavy atom. The van der Waals surface area contributed by atoms with Crippen LogP contribution in [0.2, 0.25) is 0 Å². The summed E-state index contributed by atoms with van der Waals surface area (Å²) < 4.78 is 22.4. The number of para-hydroxylation sites is 2. The predicted octanol–water partition coefficient (Wildman–Crippen LogP) is 6.50. The highest BCUT2D eigenvalue weighted by atomic mass is 16.7. The van der Waals surface area contributed by atoms with Crippen LogP contribution in [0.5, 0.6) is 11.5 Å². The van der Waals surface area contributed by atoms with Crippen molar-refractivity contribution in [3.05, 3.63) is 108 Å². The van der Waals surface area contributed by atoms with E-state index in [-0.39, 0.29) is 13.3 Å². The van der Waals surface area contributed by atoms with Gasteiger partial charge < -0.3 is 33.7 Å². The third-order valence-electron chi connectivity index (χ3n) is 7.98. The Hall–Kier alpha value is -6.02. The summed E-state index contributed by atoms with van der Waals surface area (Å²) in [5, 5.41) is 20.4. The van der Waals surface area contributed by atoms with E-state index < -0.39 is 46.9 Å². The average Bonchev–Trinajstić information content (AvgIpc) is 3.73. The standard InChI is InChI=1S/C39H38N2O9/c1-25(28(27-19-20-32-33(22-27)48-24-47-32)15-10-18-34-40-30-16-8-9-17-31(30)49-34)41(21-11-14-26-12-6-5-7-13-26)36(43)35(37(44)45)29(23-42)38(46)50-39(2,3)4/h5-10,12-13,16-20,22-23,25,28,35,42H,15,21,24H2,1-4H3,(H,44,45)/b18-10+,29-23+. The van der Waals surface area contributed by atoms with Gasteiger partial charge in [0.25, 0.3) is 0 Å². The predicted molar refractivity (Wildman–Crippen MR) is 185 cm³/mol. The van der Waals surface area contributed by atoms with E-state index in [1.807, 2.05) is 72.8 Å². The number of aliphatic hydroxyl groups is 1. The number of hydrogen-bond donors (Lipinski definition) is 2. The van der Waals surface area contributed by atoms with Gasteiger partial charge in [-0.3, -0.25) is 9.59 Å². The Balaban J connectivity index is 1.54. The molecule has 0 aliphatic carbocycles. The second-order valence-electron chi connectivity index (χ2n) is 12.6. The van der Waals surface area contributed by atoms with Crippen molar-refractivity contribution in [3.8, 4) is 23.3 Å². The molecule has 258 valence electrons. The molecule has 1 aliphatic heterocycles. The second-order valence-corrected chi connectivity index (χ2v) is 12.6. The zero-order valence-corrected chi connectivity index (χ0v) is 28.2. The van der Waals surface area contributed by atoms with E-state index in [1.54, 1.807) is 39.8 Å². The van der Waals surface area contributed by atoms with Crippen LogP contribution in [0.15, 0.2) is 95.1 Å². The van der Waals surface area contributed by atoms with Gasteiger partial charge in [0, 0.05) is 17.5 Å². The van der Waals surface area contributed by atoms with Crippen LogP contribution in [0.1, 0.15) is 57.1 Å². The molecule has 11 nitrogen and oxygen atoms in total. The highest BCUT2D eigenvalue weighted by molar-refractivity contribution is 6.08. The lowest BCUT2D eigenvalue weighted by Crippen LogP contribution is -2.48. The van der Waals surface area contributed by atoms with Gasteiger partial charge in [0.1, 0.15) is 11.1 Å². The summed E-state index contributed by atoms with van der Waals surface area (Å²) in [4.78, 5) is 46.0. The number of esters is 1. The molecule has 0 saturated heterocycles. The van der Waals surface area contributed by atoms with Crippen LogP contribution in [0, 0.1) is 17.8 Å². The number of aliphatic carboxylic acids is 1. The highest BCUT2D eigenvalue weighted by Crippen LogP contribution is 2.38. The van der Waals surface area contributed by atoms with Gasteiger partial charge in [-0.25, -0.2) is 9.78 Å². The van der Waals surface area contributed by atoms with Crippen molar-refractivity contribution in [2.75, 3.05) is 13.3 Å². The summed E-state index contributed by atoms with van der Waals surface area (Å²) in [5.41, 5.74) is 1.09. The van der Waals surface area contributed by atoms with Crippen molar-refractivity contribution in [1.82, 2.24) is 9.88 Å². The molecule has 2 N–H and O–H groups in total. The quantitative estimate of drug-likeness (QED) is 0.0592. The molecule has 50 heavy (non-hydrogen) atoms. The van der Waals surface area contributed by atoms with Gasteiger partial charge in [-0.15, -0.1) is 0 Å². The SMILES string of the molecule is CC(C(C/C=C/c1nc2ccccc2o1)c1ccc2c(c1)OCO2)N(CC#Cc1ccccc1)C(=O)C(C(=O)O)/C(=C\O)C(=O)OC(C)(C)C. The van der Waals surface area contributed by atoms with Crippen molar-refractivity contribution >= 4 is 35.0 Å². The average molecular weight is 679 g/mol. The van der Waals surface area contributed by atoms with E-state index in [1.165, 1.54) is 4.90 Å². The van der Waals surface area contributed by atoms with Gasteiger partial charge in [-0.2, -0.15) is 0 Å². The van der Waals surface area contributed by atoms with E-state index in [0.717, 1.165) is 5.56 Å². The first-order valence-corrected chi connectivity index (χ1v) is 16.0. The minimum Gasteiger partial charge on any atom is -0.515 e. The maximum absolute atomic E-state index is 14.4. The number of carbonyl (C=O) groups is 3. The highest BCUT2D eigenvalue weighted by Gasteiger charge is 2.42. The number of allylic oxidation sites excluding steroid dienone is 1. The zero-order valence-electron chi connectivity index (χ0n) is 28.2. The molecule has 3 aromatic carbocycles. The molecule has 2 heterocycles. The Labute approximate surface area is 289 Å². The van der Waals surface area contributed by atoms with Gasteiger partial charge in [0.2, 0.25) is 18.6 Å². The number of aliphatic hydroxyl groups excluding tert-OH is 1. The van der Waals surface area contributed by atoms with E-state index in [2.05, 4.69) is 16.8 Å². The van der Waals surface area contributed by atoms with Crippen LogP contribution >= 0.6 is 0 Å². The molecule has 3 unspecified atom stereocenters. The minimum atomic E-state index is -2.08. The van der Waals surface area contributed by atoms with Gasteiger partial charge in [0.15, 0.2) is 23.0 Å². The molecule has 0 radical (unpaired) electrons. The number of carbonyl (C=O) groups excluding carboxylic acids is 2. The van der Waals surface area contributed by atoms with Crippen LogP contribution in [0.3, 0.4) is 0 Å². The Kier molecular flexibility index (Phi) is 10.9. The molecule has 3 atom stereocenters. The topological polar surface area (TPSA) is 149 Å². The van der Waals surface area contributed by atoms with E-state index in [9.17, 15) is 24.6 Å². The maximum Gasteiger partial charge on any atom is 0.339 e. The number of hydrogen-bond acceptors (Lipinski definition) is 9. The smallest absolute Gasteiger partial charge is 0.339 e. The normalized spacial score (nSPS) is 14.4. The number of nitrogens with zero attached hydrogens (tertiary/aromatic N) is 2. The number of fused-ring (bicyclic) bond motifs is 2. The molecule has 1 aromatic heterocycles. The number of benzene rings is 3. The number of ether oxygens (including phenoxy) is 3. The first kappa shape index (κ1) is 35.3. The molecule has 5 rings (SSSR count). The van der Waals surface area contributed by atoms with Crippen LogP contribution in [-0.2, 0) is 19.1 Å². The number of rotatable bonds is 11. The largest absolute Gasteiger partial charge is 0.515 e. The number of carboxylic acid groups (broad SMARTS) is 1. The fourth-order valence-electron chi connectivity index (χ4n) is 5.54. The Bertz CT molecular complexity index is 1950. The monoisotopic (exact) mass is 678 g/mol. The summed E-state index contributed by atoms with van der Waals surface area (Å²) in [6, 6.07) is 21.3. The lowest BCUT2D eigenvalue weighted by Gasteiger charge is -2.35. The van der Waals surface area contributed by atoms with Crippen molar-refractivity contribution < 1.29 is 43.2 Å². The summed E-state index contributed by atoms with van der Waals surface area (Å²) in [6.07, 6.45) is 4.27. The van der Waals surface area contributed by atoms with Crippen molar-refractivity contribution in [3.63, 3.8) is 0 Å². The fourth-order valence-corrected chi connectivity index (χ4v) is 5.54. The molecule has 11 heteroatoms.